The summed E-state index contributed by atoms with van der Waals surface area (Å²) in [5.41, 5.74) is 9.91. The van der Waals surface area contributed by atoms with Gasteiger partial charge in [0.1, 0.15) is 28.6 Å². The average Bonchev–Trinajstić information content (AvgIpc) is 3.19. The highest BCUT2D eigenvalue weighted by atomic mass is 16.5. The van der Waals surface area contributed by atoms with Crippen LogP contribution in [0.2, 0.25) is 0 Å². The summed E-state index contributed by atoms with van der Waals surface area (Å²) >= 11 is 0. The number of rotatable bonds is 2. The van der Waals surface area contributed by atoms with Crippen molar-refractivity contribution in [1.29, 1.82) is 0 Å². The second kappa shape index (κ2) is 9.97. The molecule has 1 N–H and O–H groups in total. The molecule has 8 aromatic rings. The van der Waals surface area contributed by atoms with Gasteiger partial charge in [-0.1, -0.05) is 117 Å². The molecule has 0 radical (unpaired) electrons. The minimum absolute atomic E-state index is 0.108. The Hall–Kier alpha value is -6.30. The number of benzene rings is 8. The number of anilines is 3. The maximum absolute atomic E-state index is 13.8. The highest BCUT2D eigenvalue weighted by Gasteiger charge is 2.53. The first-order valence-corrected chi connectivity index (χ1v) is 18.4. The van der Waals surface area contributed by atoms with Crippen molar-refractivity contribution in [2.75, 3.05) is 4.90 Å². The van der Waals surface area contributed by atoms with E-state index in [1.807, 2.05) is 42.5 Å². The van der Waals surface area contributed by atoms with E-state index in [0.29, 0.717) is 0 Å². The molecule has 0 saturated carbocycles. The van der Waals surface area contributed by atoms with Gasteiger partial charge in [-0.05, 0) is 103 Å². The van der Waals surface area contributed by atoms with Gasteiger partial charge < -0.3 is 19.5 Å². The first-order valence-electron chi connectivity index (χ1n) is 18.4. The normalized spacial score (nSPS) is 16.0. The molecular formula is C48H32BNO3. The summed E-state index contributed by atoms with van der Waals surface area (Å²) in [5.74, 6) is 3.15. The molecule has 4 aliphatic heterocycles. The number of hydrogen-bond donors (Lipinski definition) is 1. The van der Waals surface area contributed by atoms with Crippen molar-refractivity contribution in [2.24, 2.45) is 0 Å². The third-order valence-corrected chi connectivity index (χ3v) is 12.4. The Bertz CT molecular complexity index is 2800. The van der Waals surface area contributed by atoms with Crippen molar-refractivity contribution >= 4 is 61.7 Å². The van der Waals surface area contributed by atoms with Gasteiger partial charge in [0, 0.05) is 22.1 Å². The van der Waals surface area contributed by atoms with Crippen LogP contribution in [0.1, 0.15) is 41.7 Å². The number of fused-ring (bicyclic) bond motifs is 5. The van der Waals surface area contributed by atoms with E-state index >= 15 is 0 Å². The molecule has 4 heterocycles. The van der Waals surface area contributed by atoms with Crippen molar-refractivity contribution in [3.8, 4) is 23.0 Å². The second-order valence-corrected chi connectivity index (χ2v) is 15.3. The summed E-state index contributed by atoms with van der Waals surface area (Å²) < 4.78 is 13.2. The summed E-state index contributed by atoms with van der Waals surface area (Å²) in [6.45, 7) is 4.53. The summed E-state index contributed by atoms with van der Waals surface area (Å²) in [4.78, 5) is 2.40. The van der Waals surface area contributed by atoms with Crippen molar-refractivity contribution in [1.82, 2.24) is 0 Å². The van der Waals surface area contributed by atoms with Crippen LogP contribution in [-0.4, -0.2) is 11.8 Å². The largest absolute Gasteiger partial charge is 0.458 e. The van der Waals surface area contributed by atoms with Crippen LogP contribution >= 0.6 is 0 Å². The Morgan fingerprint density at radius 2 is 0.981 bits per heavy atom. The fourth-order valence-electron chi connectivity index (χ4n) is 10.1. The molecule has 4 nitrogen and oxygen atoms in total. The van der Waals surface area contributed by atoms with Crippen LogP contribution in [0.15, 0.2) is 152 Å². The monoisotopic (exact) mass is 681 g/mol. The molecule has 0 amide bonds. The number of para-hydroxylation sites is 2. The predicted molar refractivity (Wildman–Crippen MR) is 214 cm³/mol. The third-order valence-electron chi connectivity index (χ3n) is 12.4. The topological polar surface area (TPSA) is 41.9 Å². The molecule has 0 spiro atoms. The van der Waals surface area contributed by atoms with Crippen LogP contribution in [0.3, 0.4) is 0 Å². The van der Waals surface area contributed by atoms with Crippen molar-refractivity contribution < 1.29 is 14.6 Å². The summed E-state index contributed by atoms with van der Waals surface area (Å²) in [7, 11) is 0. The first-order chi connectivity index (χ1) is 25.9. The molecule has 0 atom stereocenters. The van der Waals surface area contributed by atoms with Crippen LogP contribution in [0.4, 0.5) is 17.1 Å². The maximum Gasteiger partial charge on any atom is 0.261 e. The van der Waals surface area contributed by atoms with E-state index in [9.17, 15) is 5.11 Å². The van der Waals surface area contributed by atoms with Crippen molar-refractivity contribution in [3.63, 3.8) is 0 Å². The van der Waals surface area contributed by atoms with Gasteiger partial charge in [0.15, 0.2) is 0 Å². The second-order valence-electron chi connectivity index (χ2n) is 15.3. The number of hydrogen-bond acceptors (Lipinski definition) is 4. The Labute approximate surface area is 307 Å². The van der Waals surface area contributed by atoms with Crippen molar-refractivity contribution in [3.05, 3.63) is 179 Å². The lowest BCUT2D eigenvalue weighted by Crippen LogP contribution is -2.65. The van der Waals surface area contributed by atoms with Gasteiger partial charge in [-0.3, -0.25) is 0 Å². The zero-order valence-electron chi connectivity index (χ0n) is 29.2. The van der Waals surface area contributed by atoms with E-state index in [0.717, 1.165) is 83.3 Å². The molecule has 4 aliphatic rings. The lowest BCUT2D eigenvalue weighted by Gasteiger charge is -2.45. The molecule has 0 aromatic heterocycles. The zero-order chi connectivity index (χ0) is 35.2. The molecule has 0 bridgehead atoms. The van der Waals surface area contributed by atoms with Gasteiger partial charge in [-0.2, -0.15) is 0 Å². The number of nitrogens with zero attached hydrogens (tertiary/aromatic N) is 1. The average molecular weight is 682 g/mol. The third kappa shape index (κ3) is 3.60. The number of ether oxygens (including phenoxy) is 2. The van der Waals surface area contributed by atoms with Gasteiger partial charge in [0.2, 0.25) is 0 Å². The molecule has 0 fully saturated rings. The fraction of sp³-hybridized carbons (Fsp3) is 0.0833. The molecule has 53 heavy (non-hydrogen) atoms. The van der Waals surface area contributed by atoms with Crippen LogP contribution in [-0.2, 0) is 11.0 Å². The van der Waals surface area contributed by atoms with Gasteiger partial charge in [-0.25, -0.2) is 0 Å². The summed E-state index contributed by atoms with van der Waals surface area (Å²) in [5, 5.41) is 18.1. The van der Waals surface area contributed by atoms with Gasteiger partial charge in [0.25, 0.3) is 6.71 Å². The Balaban J connectivity index is 1.15. The first kappa shape index (κ1) is 29.3. The minimum atomic E-state index is -1.50. The van der Waals surface area contributed by atoms with Crippen LogP contribution in [0.25, 0.3) is 21.5 Å². The minimum Gasteiger partial charge on any atom is -0.458 e. The van der Waals surface area contributed by atoms with E-state index in [2.05, 4.69) is 128 Å². The van der Waals surface area contributed by atoms with Gasteiger partial charge >= 0.3 is 0 Å². The molecule has 5 heteroatoms. The molecule has 12 rings (SSSR count). The van der Waals surface area contributed by atoms with E-state index in [-0.39, 0.29) is 12.1 Å². The van der Waals surface area contributed by atoms with E-state index in [4.69, 9.17) is 9.47 Å². The van der Waals surface area contributed by atoms with Crippen LogP contribution < -0.4 is 30.8 Å². The van der Waals surface area contributed by atoms with Gasteiger partial charge in [0.05, 0.1) is 11.4 Å². The summed E-state index contributed by atoms with van der Waals surface area (Å²) in [6, 6.07) is 53.3. The Kier molecular flexibility index (Phi) is 5.51. The smallest absolute Gasteiger partial charge is 0.261 e. The van der Waals surface area contributed by atoms with Crippen molar-refractivity contribution in [2.45, 2.75) is 24.9 Å². The summed E-state index contributed by atoms with van der Waals surface area (Å²) in [6.07, 6.45) is 0. The van der Waals surface area contributed by atoms with E-state index in [1.54, 1.807) is 0 Å². The molecular weight excluding hydrogens is 649 g/mol. The van der Waals surface area contributed by atoms with E-state index in [1.165, 1.54) is 22.5 Å². The zero-order valence-corrected chi connectivity index (χ0v) is 29.2. The lowest BCUT2D eigenvalue weighted by atomic mass is 9.30. The Morgan fingerprint density at radius 3 is 1.62 bits per heavy atom. The highest BCUT2D eigenvalue weighted by molar-refractivity contribution is 6.99. The van der Waals surface area contributed by atoms with Crippen LogP contribution in [0, 0.1) is 0 Å². The fourth-order valence-corrected chi connectivity index (χ4v) is 10.1. The molecule has 0 saturated heterocycles. The molecule has 8 aromatic carbocycles. The van der Waals surface area contributed by atoms with Crippen LogP contribution in [0.5, 0.6) is 23.0 Å². The van der Waals surface area contributed by atoms with Gasteiger partial charge in [-0.15, -0.1) is 0 Å². The standard InChI is InChI=1S/C48H32BNO3/c1-47(2)32-12-3-5-17-37(32)50(38-18-6-4-13-33(38)47)30-26-25-28-23-24-29-11-7-14-34(43(29)31(28)27-30)48(51)35-15-8-19-39-44(35)49-45-36(48)16-9-20-40(45)53-42-22-10-21-41(52-39)46(42)49/h3-27,51H,1-2H3. The molecule has 250 valence electrons. The maximum atomic E-state index is 13.8. The molecule has 0 aliphatic carbocycles. The highest BCUT2D eigenvalue weighted by Crippen LogP contribution is 2.53. The van der Waals surface area contributed by atoms with E-state index < -0.39 is 5.60 Å². The Morgan fingerprint density at radius 1 is 0.491 bits per heavy atom. The lowest BCUT2D eigenvalue weighted by molar-refractivity contribution is 0.128. The quantitative estimate of drug-likeness (QED) is 0.146. The molecule has 0 unspecified atom stereocenters. The predicted octanol–water partition coefficient (Wildman–Crippen LogP) is 9.43. The number of aliphatic hydroxyl groups is 1. The SMILES string of the molecule is CC1(C)c2ccccc2N(c2ccc3ccc4cccc(C5(O)c6cccc7c6B6c8c(cccc8Oc8cccc5c86)O7)c4c3c2)c2ccccc21.